The first-order valence-electron chi connectivity index (χ1n) is 5.60. The lowest BCUT2D eigenvalue weighted by molar-refractivity contribution is 1.08. The van der Waals surface area contributed by atoms with Gasteiger partial charge in [0, 0.05) is 9.37 Å². The Labute approximate surface area is 127 Å². The fourth-order valence-electron chi connectivity index (χ4n) is 1.69. The van der Waals surface area contributed by atoms with Crippen molar-refractivity contribution in [1.82, 2.24) is 9.97 Å². The third-order valence-corrected chi connectivity index (χ3v) is 4.85. The molecule has 0 aliphatic heterocycles. The third-order valence-electron chi connectivity index (χ3n) is 2.56. The molecule has 0 amide bonds. The highest BCUT2D eigenvalue weighted by atomic mass is 79.9. The normalized spacial score (nSPS) is 11.0. The number of nitrogens with two attached hydrogens (primary N) is 1. The minimum atomic E-state index is 0.566. The summed E-state index contributed by atoms with van der Waals surface area (Å²) in [6.45, 7) is 0. The molecule has 0 saturated carbocycles. The highest BCUT2D eigenvalue weighted by Crippen LogP contribution is 2.27. The largest absolute Gasteiger partial charge is 0.383 e. The summed E-state index contributed by atoms with van der Waals surface area (Å²) < 4.78 is 1.08. The van der Waals surface area contributed by atoms with Crippen molar-refractivity contribution < 1.29 is 0 Å². The van der Waals surface area contributed by atoms with Gasteiger partial charge in [0.1, 0.15) is 16.5 Å². The number of hydrogen-bond acceptors (Lipinski definition) is 5. The summed E-state index contributed by atoms with van der Waals surface area (Å²) in [4.78, 5) is 11.0. The lowest BCUT2D eigenvalue weighted by Crippen LogP contribution is -1.98. The first kappa shape index (κ1) is 12.9. The van der Waals surface area contributed by atoms with E-state index in [9.17, 15) is 0 Å². The van der Waals surface area contributed by atoms with Crippen LogP contribution in [-0.2, 0) is 5.75 Å². The SMILES string of the molecule is Nc1nc(CSc2cccc(Br)c2)nc2sccc12. The van der Waals surface area contributed by atoms with Crippen LogP contribution >= 0.6 is 39.0 Å². The first-order valence-corrected chi connectivity index (χ1v) is 8.26. The highest BCUT2D eigenvalue weighted by Gasteiger charge is 2.06. The molecule has 0 fully saturated rings. The molecule has 0 unspecified atom stereocenters. The van der Waals surface area contributed by atoms with E-state index < -0.39 is 0 Å². The van der Waals surface area contributed by atoms with E-state index in [4.69, 9.17) is 5.73 Å². The van der Waals surface area contributed by atoms with Crippen molar-refractivity contribution in [3.63, 3.8) is 0 Å². The second-order valence-corrected chi connectivity index (χ2v) is 6.77. The third kappa shape index (κ3) is 2.91. The van der Waals surface area contributed by atoms with Crippen LogP contribution in [0.4, 0.5) is 5.82 Å². The summed E-state index contributed by atoms with van der Waals surface area (Å²) in [6, 6.07) is 10.1. The van der Waals surface area contributed by atoms with Crippen molar-refractivity contribution >= 4 is 55.1 Å². The molecule has 0 aliphatic carbocycles. The van der Waals surface area contributed by atoms with Crippen LogP contribution < -0.4 is 5.73 Å². The summed E-state index contributed by atoms with van der Waals surface area (Å²) in [5, 5.41) is 2.93. The van der Waals surface area contributed by atoms with E-state index >= 15 is 0 Å². The number of fused-ring (bicyclic) bond motifs is 1. The molecule has 6 heteroatoms. The van der Waals surface area contributed by atoms with Gasteiger partial charge < -0.3 is 5.73 Å². The summed E-state index contributed by atoms with van der Waals surface area (Å²) in [6.07, 6.45) is 0. The number of thioether (sulfide) groups is 1. The van der Waals surface area contributed by atoms with Gasteiger partial charge in [-0.1, -0.05) is 22.0 Å². The number of halogens is 1. The van der Waals surface area contributed by atoms with E-state index in [2.05, 4.69) is 38.0 Å². The maximum absolute atomic E-state index is 5.93. The maximum atomic E-state index is 5.93. The van der Waals surface area contributed by atoms with Crippen molar-refractivity contribution in [2.75, 3.05) is 5.73 Å². The van der Waals surface area contributed by atoms with E-state index in [1.807, 2.05) is 23.6 Å². The van der Waals surface area contributed by atoms with Crippen LogP contribution in [0, 0.1) is 0 Å². The molecule has 3 nitrogen and oxygen atoms in total. The maximum Gasteiger partial charge on any atom is 0.142 e. The Morgan fingerprint density at radius 2 is 2.16 bits per heavy atom. The molecule has 1 aromatic carbocycles. The van der Waals surface area contributed by atoms with E-state index in [1.165, 1.54) is 4.90 Å². The van der Waals surface area contributed by atoms with Crippen molar-refractivity contribution in [2.45, 2.75) is 10.6 Å². The minimum absolute atomic E-state index is 0.566. The molecule has 0 aliphatic rings. The monoisotopic (exact) mass is 351 g/mol. The van der Waals surface area contributed by atoms with E-state index in [0.717, 1.165) is 20.5 Å². The number of anilines is 1. The van der Waals surface area contributed by atoms with E-state index in [-0.39, 0.29) is 0 Å². The Morgan fingerprint density at radius 1 is 1.26 bits per heavy atom. The standard InChI is InChI=1S/C13H10BrN3S2/c14-8-2-1-3-9(6-8)19-7-11-16-12(15)10-4-5-18-13(10)17-11/h1-6H,7H2,(H2,15,16,17). The molecule has 19 heavy (non-hydrogen) atoms. The number of aromatic nitrogens is 2. The predicted molar refractivity (Wildman–Crippen MR) is 85.5 cm³/mol. The van der Waals surface area contributed by atoms with Crippen LogP contribution in [0.5, 0.6) is 0 Å². The summed E-state index contributed by atoms with van der Waals surface area (Å²) in [5.74, 6) is 2.06. The molecule has 0 spiro atoms. The average Bonchev–Trinajstić information content (AvgIpc) is 2.85. The lowest BCUT2D eigenvalue weighted by Gasteiger charge is -2.03. The number of nitrogens with zero attached hydrogens (tertiary/aromatic N) is 2. The second kappa shape index (κ2) is 5.48. The molecule has 3 rings (SSSR count). The number of rotatable bonds is 3. The molecule has 2 heterocycles. The Morgan fingerprint density at radius 3 is 3.00 bits per heavy atom. The topological polar surface area (TPSA) is 51.8 Å². The zero-order chi connectivity index (χ0) is 13.2. The fraction of sp³-hybridized carbons (Fsp3) is 0.0769. The fourth-order valence-corrected chi connectivity index (χ4v) is 3.84. The zero-order valence-electron chi connectivity index (χ0n) is 9.84. The first-order chi connectivity index (χ1) is 9.22. The molecular weight excluding hydrogens is 342 g/mol. The zero-order valence-corrected chi connectivity index (χ0v) is 13.1. The van der Waals surface area contributed by atoms with Crippen molar-refractivity contribution in [3.05, 3.63) is 46.0 Å². The van der Waals surface area contributed by atoms with Gasteiger partial charge in [-0.3, -0.25) is 0 Å². The molecule has 2 N–H and O–H groups in total. The van der Waals surface area contributed by atoms with Crippen LogP contribution in [0.25, 0.3) is 10.2 Å². The van der Waals surface area contributed by atoms with Crippen LogP contribution in [-0.4, -0.2) is 9.97 Å². The second-order valence-electron chi connectivity index (χ2n) is 3.91. The van der Waals surface area contributed by atoms with Gasteiger partial charge in [0.15, 0.2) is 0 Å². The molecule has 0 bridgehead atoms. The van der Waals surface area contributed by atoms with Gasteiger partial charge in [-0.25, -0.2) is 9.97 Å². The summed E-state index contributed by atoms with van der Waals surface area (Å²) in [7, 11) is 0. The van der Waals surface area contributed by atoms with Crippen LogP contribution in [0.2, 0.25) is 0 Å². The quantitative estimate of drug-likeness (QED) is 0.713. The van der Waals surface area contributed by atoms with Crippen molar-refractivity contribution in [3.8, 4) is 0 Å². The van der Waals surface area contributed by atoms with E-state index in [1.54, 1.807) is 23.1 Å². The number of nitrogen functional groups attached to an aromatic ring is 1. The van der Waals surface area contributed by atoms with Gasteiger partial charge in [0.05, 0.1) is 11.1 Å². The Balaban J connectivity index is 1.81. The molecule has 0 radical (unpaired) electrons. The molecule has 0 saturated heterocycles. The Bertz CT molecular complexity index is 727. The van der Waals surface area contributed by atoms with Gasteiger partial charge in [0.25, 0.3) is 0 Å². The summed E-state index contributed by atoms with van der Waals surface area (Å²) >= 11 is 6.76. The van der Waals surface area contributed by atoms with Gasteiger partial charge in [-0.15, -0.1) is 23.1 Å². The van der Waals surface area contributed by atoms with Crippen LogP contribution in [0.1, 0.15) is 5.82 Å². The van der Waals surface area contributed by atoms with Crippen molar-refractivity contribution in [2.24, 2.45) is 0 Å². The highest BCUT2D eigenvalue weighted by molar-refractivity contribution is 9.10. The molecule has 3 aromatic rings. The summed E-state index contributed by atoms with van der Waals surface area (Å²) in [5.41, 5.74) is 5.93. The minimum Gasteiger partial charge on any atom is -0.383 e. The van der Waals surface area contributed by atoms with Crippen molar-refractivity contribution in [1.29, 1.82) is 0 Å². The van der Waals surface area contributed by atoms with Gasteiger partial charge >= 0.3 is 0 Å². The Hall–Kier alpha value is -1.11. The number of hydrogen-bond donors (Lipinski definition) is 1. The Kier molecular flexibility index (Phi) is 3.72. The number of thiophene rings is 1. The van der Waals surface area contributed by atoms with Gasteiger partial charge in [-0.05, 0) is 29.6 Å². The number of benzene rings is 1. The van der Waals surface area contributed by atoms with E-state index in [0.29, 0.717) is 11.6 Å². The molecule has 0 atom stereocenters. The lowest BCUT2D eigenvalue weighted by atomic mass is 10.4. The van der Waals surface area contributed by atoms with Crippen LogP contribution in [0.15, 0.2) is 45.1 Å². The van der Waals surface area contributed by atoms with Gasteiger partial charge in [-0.2, -0.15) is 0 Å². The van der Waals surface area contributed by atoms with Gasteiger partial charge in [0.2, 0.25) is 0 Å². The molecule has 2 aromatic heterocycles. The smallest absolute Gasteiger partial charge is 0.142 e. The molecular formula is C13H10BrN3S2. The average molecular weight is 352 g/mol. The predicted octanol–water partition coefficient (Wildman–Crippen LogP) is 4.33. The molecule has 96 valence electrons. The van der Waals surface area contributed by atoms with Crippen LogP contribution in [0.3, 0.4) is 0 Å².